The van der Waals surface area contributed by atoms with Crippen LogP contribution in [0.4, 0.5) is 0 Å². The largest absolute Gasteiger partial charge is 0.329 e. The molecule has 2 heterocycles. The number of ketones is 1. The fraction of sp³-hybridized carbons (Fsp3) is 0.333. The summed E-state index contributed by atoms with van der Waals surface area (Å²) in [7, 11) is 1.75. The summed E-state index contributed by atoms with van der Waals surface area (Å²) in [6.07, 6.45) is 4.73. The van der Waals surface area contributed by atoms with Crippen molar-refractivity contribution in [1.29, 1.82) is 0 Å². The zero-order chi connectivity index (χ0) is 11.5. The standard InChI is InChI=1S/C9H12N6O/c1-14-5-7(4-11-14)9(16)8-6-15(3-2-10)13-12-8/h4-6H,2-3,10H2,1H3. The number of aryl methyl sites for hydroxylation is 1. The maximum Gasteiger partial charge on any atom is 0.218 e. The van der Waals surface area contributed by atoms with Gasteiger partial charge in [-0.1, -0.05) is 5.21 Å². The first kappa shape index (κ1) is 10.5. The summed E-state index contributed by atoms with van der Waals surface area (Å²) in [6, 6.07) is 0. The zero-order valence-electron chi connectivity index (χ0n) is 8.87. The number of hydrogen-bond donors (Lipinski definition) is 1. The van der Waals surface area contributed by atoms with Crippen molar-refractivity contribution in [2.24, 2.45) is 12.8 Å². The van der Waals surface area contributed by atoms with Crippen LogP contribution in [-0.2, 0) is 13.6 Å². The minimum atomic E-state index is -0.184. The minimum Gasteiger partial charge on any atom is -0.329 e. The van der Waals surface area contributed by atoms with E-state index in [-0.39, 0.29) is 5.78 Å². The molecule has 2 rings (SSSR count). The van der Waals surface area contributed by atoms with E-state index in [1.54, 1.807) is 28.8 Å². The molecule has 0 aliphatic carbocycles. The van der Waals surface area contributed by atoms with Crippen LogP contribution in [0.5, 0.6) is 0 Å². The molecule has 7 heteroatoms. The highest BCUT2D eigenvalue weighted by Gasteiger charge is 2.14. The van der Waals surface area contributed by atoms with Crippen molar-refractivity contribution in [2.75, 3.05) is 6.54 Å². The fourth-order valence-corrected chi connectivity index (χ4v) is 1.33. The van der Waals surface area contributed by atoms with Gasteiger partial charge in [0.25, 0.3) is 0 Å². The molecule has 16 heavy (non-hydrogen) atoms. The summed E-state index contributed by atoms with van der Waals surface area (Å²) in [5.74, 6) is -0.184. The van der Waals surface area contributed by atoms with Crippen LogP contribution in [0.15, 0.2) is 18.6 Å². The van der Waals surface area contributed by atoms with Crippen molar-refractivity contribution in [3.05, 3.63) is 29.8 Å². The Morgan fingerprint density at radius 2 is 2.31 bits per heavy atom. The van der Waals surface area contributed by atoms with Gasteiger partial charge in [-0.2, -0.15) is 5.10 Å². The molecule has 0 atom stereocenters. The molecule has 0 radical (unpaired) electrons. The van der Waals surface area contributed by atoms with Gasteiger partial charge in [-0.25, -0.2) is 0 Å². The van der Waals surface area contributed by atoms with E-state index in [0.717, 1.165) is 0 Å². The third-order valence-electron chi connectivity index (χ3n) is 2.10. The van der Waals surface area contributed by atoms with Gasteiger partial charge in [-0.05, 0) is 0 Å². The molecule has 2 N–H and O–H groups in total. The minimum absolute atomic E-state index is 0.184. The van der Waals surface area contributed by atoms with Crippen LogP contribution in [0.2, 0.25) is 0 Å². The molecular formula is C9H12N6O. The summed E-state index contributed by atoms with van der Waals surface area (Å²) in [5.41, 5.74) is 6.18. The van der Waals surface area contributed by atoms with E-state index in [2.05, 4.69) is 15.4 Å². The molecule has 0 spiro atoms. The Balaban J connectivity index is 2.20. The molecule has 2 aromatic rings. The quantitative estimate of drug-likeness (QED) is 0.681. The van der Waals surface area contributed by atoms with E-state index in [1.807, 2.05) is 0 Å². The Morgan fingerprint density at radius 3 is 2.94 bits per heavy atom. The van der Waals surface area contributed by atoms with Crippen molar-refractivity contribution in [2.45, 2.75) is 6.54 Å². The van der Waals surface area contributed by atoms with Crippen LogP contribution in [0.1, 0.15) is 16.1 Å². The Bertz CT molecular complexity index is 500. The number of carbonyl (C=O) groups excluding carboxylic acids is 1. The van der Waals surface area contributed by atoms with Gasteiger partial charge in [0.15, 0.2) is 5.69 Å². The third kappa shape index (κ3) is 1.98. The Hall–Kier alpha value is -2.02. The lowest BCUT2D eigenvalue weighted by atomic mass is 10.2. The molecule has 0 fully saturated rings. The van der Waals surface area contributed by atoms with Crippen LogP contribution in [0.25, 0.3) is 0 Å². The lowest BCUT2D eigenvalue weighted by Crippen LogP contribution is -2.10. The van der Waals surface area contributed by atoms with E-state index in [4.69, 9.17) is 5.73 Å². The Labute approximate surface area is 91.9 Å². The molecule has 0 aliphatic heterocycles. The van der Waals surface area contributed by atoms with E-state index in [1.165, 1.54) is 6.20 Å². The van der Waals surface area contributed by atoms with E-state index in [0.29, 0.717) is 24.3 Å². The first-order valence-electron chi connectivity index (χ1n) is 4.84. The summed E-state index contributed by atoms with van der Waals surface area (Å²) in [6.45, 7) is 1.01. The molecule has 0 saturated carbocycles. The maximum absolute atomic E-state index is 11.9. The average molecular weight is 220 g/mol. The van der Waals surface area contributed by atoms with Gasteiger partial charge in [-0.15, -0.1) is 5.10 Å². The molecule has 2 aromatic heterocycles. The lowest BCUT2D eigenvalue weighted by Gasteiger charge is -1.92. The lowest BCUT2D eigenvalue weighted by molar-refractivity contribution is 0.103. The Kier molecular flexibility index (Phi) is 2.78. The van der Waals surface area contributed by atoms with Crippen LogP contribution < -0.4 is 5.73 Å². The van der Waals surface area contributed by atoms with Crippen LogP contribution in [0.3, 0.4) is 0 Å². The number of nitrogens with two attached hydrogens (primary N) is 1. The first-order valence-corrected chi connectivity index (χ1v) is 4.84. The number of carbonyl (C=O) groups is 1. The smallest absolute Gasteiger partial charge is 0.218 e. The van der Waals surface area contributed by atoms with Gasteiger partial charge >= 0.3 is 0 Å². The molecule has 0 saturated heterocycles. The predicted molar refractivity (Wildman–Crippen MR) is 55.7 cm³/mol. The second-order valence-electron chi connectivity index (χ2n) is 3.39. The molecule has 0 bridgehead atoms. The monoisotopic (exact) mass is 220 g/mol. The SMILES string of the molecule is Cn1cc(C(=O)c2cn(CCN)nn2)cn1. The number of hydrogen-bond acceptors (Lipinski definition) is 5. The molecule has 7 nitrogen and oxygen atoms in total. The van der Waals surface area contributed by atoms with E-state index < -0.39 is 0 Å². The van der Waals surface area contributed by atoms with Gasteiger partial charge in [0.1, 0.15) is 0 Å². The first-order chi connectivity index (χ1) is 7.70. The van der Waals surface area contributed by atoms with Crippen LogP contribution in [0, 0.1) is 0 Å². The average Bonchev–Trinajstić information content (AvgIpc) is 2.87. The normalized spacial score (nSPS) is 10.6. The number of rotatable bonds is 4. The number of aromatic nitrogens is 5. The van der Waals surface area contributed by atoms with Crippen molar-refractivity contribution >= 4 is 5.78 Å². The summed E-state index contributed by atoms with van der Waals surface area (Å²) >= 11 is 0. The van der Waals surface area contributed by atoms with Crippen molar-refractivity contribution < 1.29 is 4.79 Å². The van der Waals surface area contributed by atoms with E-state index >= 15 is 0 Å². The topological polar surface area (TPSA) is 91.6 Å². The van der Waals surface area contributed by atoms with Crippen molar-refractivity contribution in [3.8, 4) is 0 Å². The third-order valence-corrected chi connectivity index (χ3v) is 2.10. The highest BCUT2D eigenvalue weighted by atomic mass is 16.1. The highest BCUT2D eigenvalue weighted by molar-refractivity contribution is 6.07. The molecule has 0 amide bonds. The van der Waals surface area contributed by atoms with Crippen molar-refractivity contribution in [3.63, 3.8) is 0 Å². The molecule has 0 unspecified atom stereocenters. The summed E-state index contributed by atoms with van der Waals surface area (Å²) in [5, 5.41) is 11.5. The molecule has 0 aliphatic rings. The van der Waals surface area contributed by atoms with Gasteiger partial charge < -0.3 is 5.73 Å². The fourth-order valence-electron chi connectivity index (χ4n) is 1.33. The van der Waals surface area contributed by atoms with Gasteiger partial charge in [-0.3, -0.25) is 14.2 Å². The molecule has 84 valence electrons. The van der Waals surface area contributed by atoms with Crippen LogP contribution >= 0.6 is 0 Å². The molecule has 0 aromatic carbocycles. The highest BCUT2D eigenvalue weighted by Crippen LogP contribution is 2.05. The zero-order valence-corrected chi connectivity index (χ0v) is 8.87. The Morgan fingerprint density at radius 1 is 1.50 bits per heavy atom. The summed E-state index contributed by atoms with van der Waals surface area (Å²) < 4.78 is 3.11. The predicted octanol–water partition coefficient (Wildman–Crippen LogP) is -0.799. The number of nitrogens with zero attached hydrogens (tertiary/aromatic N) is 5. The summed E-state index contributed by atoms with van der Waals surface area (Å²) in [4.78, 5) is 11.9. The molecular weight excluding hydrogens is 208 g/mol. The van der Waals surface area contributed by atoms with Gasteiger partial charge in [0.05, 0.1) is 24.5 Å². The van der Waals surface area contributed by atoms with Crippen LogP contribution in [-0.4, -0.2) is 37.1 Å². The van der Waals surface area contributed by atoms with Crippen molar-refractivity contribution in [1.82, 2.24) is 24.8 Å². The second-order valence-corrected chi connectivity index (χ2v) is 3.39. The maximum atomic E-state index is 11.9. The second kappa shape index (κ2) is 4.23. The van der Waals surface area contributed by atoms with Gasteiger partial charge in [0.2, 0.25) is 5.78 Å². The van der Waals surface area contributed by atoms with E-state index in [9.17, 15) is 4.79 Å². The van der Waals surface area contributed by atoms with Gasteiger partial charge in [0, 0.05) is 19.8 Å².